The van der Waals surface area contributed by atoms with Crippen molar-refractivity contribution in [3.8, 4) is 0 Å². The Balaban J connectivity index is 2.44. The monoisotopic (exact) mass is 536 g/mol. The fraction of sp³-hybridized carbons (Fsp3) is 0.714. The van der Waals surface area contributed by atoms with E-state index in [1.54, 1.807) is 13.8 Å². The summed E-state index contributed by atoms with van der Waals surface area (Å²) in [7, 11) is 0. The topological polar surface area (TPSA) is 146 Å². The Hall–Kier alpha value is -2.72. The van der Waals surface area contributed by atoms with E-state index in [1.807, 2.05) is 13.8 Å². The van der Waals surface area contributed by atoms with Crippen molar-refractivity contribution in [3.63, 3.8) is 0 Å². The summed E-state index contributed by atoms with van der Waals surface area (Å²) in [5.74, 6) is -3.97. The molecule has 2 bridgehead atoms. The zero-order chi connectivity index (χ0) is 28.9. The number of carbonyl (C=O) groups excluding carboxylic acids is 4. The molecule has 2 N–H and O–H groups in total. The van der Waals surface area contributed by atoms with Crippen molar-refractivity contribution in [3.05, 3.63) is 23.3 Å². The highest BCUT2D eigenvalue weighted by atomic mass is 16.6. The van der Waals surface area contributed by atoms with Gasteiger partial charge in [0.05, 0.1) is 17.6 Å². The van der Waals surface area contributed by atoms with Gasteiger partial charge < -0.3 is 29.2 Å². The van der Waals surface area contributed by atoms with Crippen LogP contribution in [0.2, 0.25) is 0 Å². The molecule has 10 heteroatoms. The smallest absolute Gasteiger partial charge is 0.303 e. The predicted octanol–water partition coefficient (Wildman–Crippen LogP) is 2.39. The lowest BCUT2D eigenvalue weighted by atomic mass is 9.48. The van der Waals surface area contributed by atoms with Gasteiger partial charge in [-0.3, -0.25) is 19.2 Å². The molecule has 3 aliphatic carbocycles. The number of ether oxygens (including phenoxy) is 4. The molecule has 0 saturated heterocycles. The van der Waals surface area contributed by atoms with E-state index in [4.69, 9.17) is 18.9 Å². The summed E-state index contributed by atoms with van der Waals surface area (Å²) >= 11 is 0. The van der Waals surface area contributed by atoms with Crippen LogP contribution in [0.25, 0.3) is 0 Å². The third-order valence-corrected chi connectivity index (χ3v) is 8.75. The molecule has 2 fully saturated rings. The molecule has 9 atom stereocenters. The molecule has 3 rings (SSSR count). The van der Waals surface area contributed by atoms with Crippen molar-refractivity contribution in [2.24, 2.45) is 22.7 Å². The summed E-state index contributed by atoms with van der Waals surface area (Å²) in [6.07, 6.45) is -6.28. The molecule has 0 spiro atoms. The van der Waals surface area contributed by atoms with Gasteiger partial charge in [-0.1, -0.05) is 27.4 Å². The Morgan fingerprint density at radius 1 is 0.842 bits per heavy atom. The van der Waals surface area contributed by atoms with E-state index in [1.165, 1.54) is 27.7 Å². The van der Waals surface area contributed by atoms with Gasteiger partial charge in [-0.15, -0.1) is 0 Å². The van der Waals surface area contributed by atoms with Crippen molar-refractivity contribution in [1.82, 2.24) is 0 Å². The van der Waals surface area contributed by atoms with Crippen LogP contribution in [0.5, 0.6) is 0 Å². The number of hydrogen-bond donors (Lipinski definition) is 2. The maximum atomic E-state index is 12.6. The third-order valence-electron chi connectivity index (χ3n) is 8.75. The standard InChI is InChI=1S/C28H40O10/c1-12-19(33)11-21(36-15(4)30)28(9)22(12)24(34)18-10-20(35-14(3)29)13(2)23(27(18,7)8)25(37-16(5)31)26(28)38-17(6)32/h18-22,24-26,33-34H,1,10-11H2,2-9H3/t18?,19-,20-,21-,22-,24+,25+,26-,28+/m0/s1. The van der Waals surface area contributed by atoms with E-state index < -0.39 is 83.2 Å². The van der Waals surface area contributed by atoms with Crippen LogP contribution in [0.4, 0.5) is 0 Å². The van der Waals surface area contributed by atoms with Crippen LogP contribution in [-0.2, 0) is 38.1 Å². The summed E-state index contributed by atoms with van der Waals surface area (Å²) in [5, 5.41) is 23.1. The molecule has 3 aliphatic rings. The average molecular weight is 537 g/mol. The number of carbonyl (C=O) groups is 4. The second-order valence-corrected chi connectivity index (χ2v) is 11.6. The van der Waals surface area contributed by atoms with Gasteiger partial charge in [-0.2, -0.15) is 0 Å². The van der Waals surface area contributed by atoms with Crippen molar-refractivity contribution in [1.29, 1.82) is 0 Å². The van der Waals surface area contributed by atoms with Crippen LogP contribution in [0, 0.1) is 22.7 Å². The molecule has 0 radical (unpaired) electrons. The number of fused-ring (bicyclic) bond motifs is 3. The van der Waals surface area contributed by atoms with Crippen LogP contribution in [-0.4, -0.2) is 70.7 Å². The second-order valence-electron chi connectivity index (χ2n) is 11.6. The van der Waals surface area contributed by atoms with Crippen molar-refractivity contribution in [2.75, 3.05) is 0 Å². The molecular formula is C28H40O10. The Morgan fingerprint density at radius 2 is 1.37 bits per heavy atom. The van der Waals surface area contributed by atoms with Crippen molar-refractivity contribution >= 4 is 23.9 Å². The first kappa shape index (κ1) is 29.8. The second kappa shape index (κ2) is 10.4. The highest BCUT2D eigenvalue weighted by molar-refractivity contribution is 5.69. The summed E-state index contributed by atoms with van der Waals surface area (Å²) in [6, 6.07) is 0. The molecule has 2 saturated carbocycles. The predicted molar refractivity (Wildman–Crippen MR) is 134 cm³/mol. The largest absolute Gasteiger partial charge is 0.462 e. The normalized spacial score (nSPS) is 38.2. The molecule has 212 valence electrons. The van der Waals surface area contributed by atoms with Gasteiger partial charge >= 0.3 is 23.9 Å². The highest BCUT2D eigenvalue weighted by Crippen LogP contribution is 2.60. The quantitative estimate of drug-likeness (QED) is 0.312. The molecule has 1 unspecified atom stereocenters. The van der Waals surface area contributed by atoms with Crippen molar-refractivity contribution in [2.45, 2.75) is 105 Å². The van der Waals surface area contributed by atoms with Crippen LogP contribution < -0.4 is 0 Å². The molecule has 0 heterocycles. The van der Waals surface area contributed by atoms with Crippen LogP contribution in [0.15, 0.2) is 23.3 Å². The first-order chi connectivity index (χ1) is 17.4. The average Bonchev–Trinajstić information content (AvgIpc) is 2.75. The lowest BCUT2D eigenvalue weighted by Crippen LogP contribution is -2.67. The van der Waals surface area contributed by atoms with Gasteiger partial charge in [0.15, 0.2) is 12.2 Å². The Kier molecular flexibility index (Phi) is 8.20. The summed E-state index contributed by atoms with van der Waals surface area (Å²) < 4.78 is 23.2. The zero-order valence-corrected chi connectivity index (χ0v) is 23.4. The minimum absolute atomic E-state index is 0.0507. The van der Waals surface area contributed by atoms with E-state index in [0.29, 0.717) is 11.1 Å². The molecule has 0 aromatic rings. The van der Waals surface area contributed by atoms with Crippen molar-refractivity contribution < 1.29 is 48.3 Å². The van der Waals surface area contributed by atoms with Gasteiger partial charge in [0, 0.05) is 40.0 Å². The van der Waals surface area contributed by atoms with Crippen LogP contribution in [0.1, 0.15) is 68.2 Å². The number of rotatable bonds is 4. The first-order valence-corrected chi connectivity index (χ1v) is 12.9. The van der Waals surface area contributed by atoms with E-state index in [2.05, 4.69) is 6.58 Å². The molecular weight excluding hydrogens is 496 g/mol. The molecule has 0 aromatic carbocycles. The number of aliphatic hydroxyl groups is 2. The molecule has 0 amide bonds. The Labute approximate surface area is 223 Å². The number of hydrogen-bond acceptors (Lipinski definition) is 10. The summed E-state index contributed by atoms with van der Waals surface area (Å²) in [5.41, 5.74) is -0.727. The molecule has 0 aromatic heterocycles. The lowest BCUT2D eigenvalue weighted by molar-refractivity contribution is -0.224. The molecule has 0 aliphatic heterocycles. The Bertz CT molecular complexity index is 1060. The lowest BCUT2D eigenvalue weighted by Gasteiger charge is -2.61. The van der Waals surface area contributed by atoms with Gasteiger partial charge in [-0.05, 0) is 41.4 Å². The minimum Gasteiger partial charge on any atom is -0.462 e. The number of aliphatic hydroxyl groups excluding tert-OH is 2. The van der Waals surface area contributed by atoms with Crippen LogP contribution in [0.3, 0.4) is 0 Å². The minimum atomic E-state index is -1.36. The fourth-order valence-corrected chi connectivity index (χ4v) is 7.19. The van der Waals surface area contributed by atoms with E-state index in [-0.39, 0.29) is 18.4 Å². The summed E-state index contributed by atoms with van der Waals surface area (Å²) in [4.78, 5) is 49.3. The maximum absolute atomic E-state index is 12.6. The zero-order valence-electron chi connectivity index (χ0n) is 23.4. The molecule has 38 heavy (non-hydrogen) atoms. The van der Waals surface area contributed by atoms with Gasteiger partial charge in [0.25, 0.3) is 0 Å². The van der Waals surface area contributed by atoms with E-state index in [9.17, 15) is 29.4 Å². The van der Waals surface area contributed by atoms with Crippen LogP contribution >= 0.6 is 0 Å². The third kappa shape index (κ3) is 5.00. The van der Waals surface area contributed by atoms with E-state index in [0.717, 1.165) is 0 Å². The summed E-state index contributed by atoms with van der Waals surface area (Å²) in [6.45, 7) is 16.3. The Morgan fingerprint density at radius 3 is 1.87 bits per heavy atom. The highest BCUT2D eigenvalue weighted by Gasteiger charge is 2.66. The van der Waals surface area contributed by atoms with Gasteiger partial charge in [-0.25, -0.2) is 0 Å². The van der Waals surface area contributed by atoms with Gasteiger partial charge in [0.2, 0.25) is 0 Å². The van der Waals surface area contributed by atoms with Gasteiger partial charge in [0.1, 0.15) is 12.2 Å². The number of esters is 4. The van der Waals surface area contributed by atoms with E-state index >= 15 is 0 Å². The first-order valence-electron chi connectivity index (χ1n) is 12.9. The fourth-order valence-electron chi connectivity index (χ4n) is 7.19. The maximum Gasteiger partial charge on any atom is 0.303 e. The molecule has 10 nitrogen and oxygen atoms in total. The SMILES string of the molecule is C=C1[C@@H](O)C[C@H](OC(C)=O)[C@@]2(C)[C@@H](OC(C)=O)[C@H](OC(C)=O)C3=C(C)[C@@H](OC(C)=O)CC([C@@H](O)[C@H]12)C3(C)C.